The summed E-state index contributed by atoms with van der Waals surface area (Å²) in [6, 6.07) is 20.9. The van der Waals surface area contributed by atoms with Gasteiger partial charge in [0, 0.05) is 8.96 Å². The van der Waals surface area contributed by atoms with Gasteiger partial charge in [-0.05, 0) is 75.1 Å². The van der Waals surface area contributed by atoms with E-state index < -0.39 is 11.8 Å². The number of pyridine rings is 1. The van der Waals surface area contributed by atoms with E-state index in [9.17, 15) is 9.59 Å². The third kappa shape index (κ3) is 8.21. The zero-order chi connectivity index (χ0) is 25.9. The molecular weight excluding hydrogens is 586 g/mol. The molecule has 0 aliphatic heterocycles. The molecule has 2 N–H and O–H groups in total. The molecule has 3 rings (SSSR count). The minimum Gasteiger partial charge on any atom is -0.267 e. The highest BCUT2D eigenvalue weighted by atomic mass is 79.9. The number of aryl methyl sites for hydroxylation is 2. The number of hydrazone groups is 2. The number of carbonyl (C=O) groups is 2. The average Bonchev–Trinajstić information content (AvgIpc) is 2.85. The number of aromatic nitrogens is 1. The lowest BCUT2D eigenvalue weighted by molar-refractivity contribution is 0.0954. The van der Waals surface area contributed by atoms with Gasteiger partial charge in [-0.15, -0.1) is 0 Å². The molecule has 0 aliphatic carbocycles. The number of carbonyl (C=O) groups excluding carboxylic acids is 2. The van der Waals surface area contributed by atoms with E-state index in [0.29, 0.717) is 20.4 Å². The first kappa shape index (κ1) is 26.9. The zero-order valence-electron chi connectivity index (χ0n) is 19.6. The van der Waals surface area contributed by atoms with Crippen LogP contribution in [0, 0.1) is 13.8 Å². The molecule has 1 aromatic heterocycles. The zero-order valence-corrected chi connectivity index (χ0v) is 22.7. The molecule has 3 aromatic rings. The van der Waals surface area contributed by atoms with E-state index in [2.05, 4.69) is 57.9 Å². The molecule has 7 nitrogen and oxygen atoms in total. The van der Waals surface area contributed by atoms with Crippen LogP contribution in [0.4, 0.5) is 0 Å². The Morgan fingerprint density at radius 2 is 1.11 bits per heavy atom. The van der Waals surface area contributed by atoms with Crippen molar-refractivity contribution in [2.24, 2.45) is 10.2 Å². The van der Waals surface area contributed by atoms with Crippen LogP contribution in [-0.4, -0.2) is 29.2 Å². The Morgan fingerprint density at radius 3 is 1.50 bits per heavy atom. The maximum atomic E-state index is 12.7. The number of hydrogen-bond donors (Lipinski definition) is 2. The number of allylic oxidation sites excluding steroid dienone is 2. The van der Waals surface area contributed by atoms with Gasteiger partial charge in [0.15, 0.2) is 0 Å². The third-order valence-corrected chi connectivity index (χ3v) is 5.68. The first-order valence-electron chi connectivity index (χ1n) is 10.8. The van der Waals surface area contributed by atoms with E-state index in [-0.39, 0.29) is 11.1 Å². The quantitative estimate of drug-likeness (QED) is 0.242. The molecule has 0 fully saturated rings. The molecule has 2 amide bonds. The second-order valence-electron chi connectivity index (χ2n) is 7.53. The van der Waals surface area contributed by atoms with Gasteiger partial charge in [0.05, 0.1) is 34.9 Å². The van der Waals surface area contributed by atoms with Crippen LogP contribution < -0.4 is 10.9 Å². The van der Waals surface area contributed by atoms with Crippen LogP contribution in [0.2, 0.25) is 0 Å². The van der Waals surface area contributed by atoms with E-state index in [0.717, 1.165) is 11.1 Å². The summed E-state index contributed by atoms with van der Waals surface area (Å²) in [6.07, 6.45) is 6.69. The van der Waals surface area contributed by atoms with Crippen molar-refractivity contribution in [1.82, 2.24) is 15.8 Å². The standard InChI is InChI=1S/C27H23Br2N5O2/c1-18-24(26(35)33-30-16-22(28)13-20-9-5-3-6-10-20)15-25(19(2)32-18)27(36)34-31-17-23(29)14-21-11-7-4-8-12-21/h3-17H,1-2H3,(H,33,35)(H,34,36)/b22-13-,23-14-,30-16-,31-17-. The summed E-state index contributed by atoms with van der Waals surface area (Å²) in [7, 11) is 0. The maximum absolute atomic E-state index is 12.7. The lowest BCUT2D eigenvalue weighted by Crippen LogP contribution is -2.23. The molecular formula is C27H23Br2N5O2. The minimum atomic E-state index is -0.484. The molecule has 0 saturated carbocycles. The van der Waals surface area contributed by atoms with Crippen molar-refractivity contribution in [1.29, 1.82) is 0 Å². The molecule has 0 unspecified atom stereocenters. The second-order valence-corrected chi connectivity index (χ2v) is 9.36. The molecule has 0 radical (unpaired) electrons. The van der Waals surface area contributed by atoms with E-state index in [1.54, 1.807) is 13.8 Å². The monoisotopic (exact) mass is 607 g/mol. The van der Waals surface area contributed by atoms with Crippen LogP contribution in [-0.2, 0) is 0 Å². The van der Waals surface area contributed by atoms with Crippen molar-refractivity contribution < 1.29 is 9.59 Å². The van der Waals surface area contributed by atoms with Gasteiger partial charge < -0.3 is 0 Å². The van der Waals surface area contributed by atoms with Crippen LogP contribution in [0.1, 0.15) is 43.2 Å². The minimum absolute atomic E-state index is 0.236. The van der Waals surface area contributed by atoms with E-state index >= 15 is 0 Å². The first-order valence-corrected chi connectivity index (χ1v) is 12.4. The van der Waals surface area contributed by atoms with Crippen LogP contribution in [0.25, 0.3) is 12.2 Å². The van der Waals surface area contributed by atoms with Crippen molar-refractivity contribution in [3.8, 4) is 0 Å². The Labute approximate surface area is 226 Å². The number of halogens is 2. The molecule has 182 valence electrons. The second kappa shape index (κ2) is 13.4. The van der Waals surface area contributed by atoms with Gasteiger partial charge in [-0.3, -0.25) is 14.6 Å². The van der Waals surface area contributed by atoms with Gasteiger partial charge in [-0.25, -0.2) is 10.9 Å². The SMILES string of the molecule is Cc1nc(C)c(C(=O)N/N=C\C(Br)=C\c2ccccc2)cc1C(=O)N/N=C\C(Br)=C\c1ccccc1. The van der Waals surface area contributed by atoms with Gasteiger partial charge in [-0.2, -0.15) is 10.2 Å². The molecule has 0 atom stereocenters. The van der Waals surface area contributed by atoms with E-state index in [1.807, 2.05) is 72.8 Å². The molecule has 1 heterocycles. The molecule has 36 heavy (non-hydrogen) atoms. The lowest BCUT2D eigenvalue weighted by Gasteiger charge is -2.09. The highest BCUT2D eigenvalue weighted by molar-refractivity contribution is 9.12. The molecule has 9 heteroatoms. The summed E-state index contributed by atoms with van der Waals surface area (Å²) in [5.74, 6) is -0.968. The molecule has 2 aromatic carbocycles. The van der Waals surface area contributed by atoms with Crippen molar-refractivity contribution in [3.05, 3.63) is 109 Å². The number of benzene rings is 2. The Balaban J connectivity index is 1.66. The number of nitrogens with one attached hydrogen (secondary N) is 2. The highest BCUT2D eigenvalue weighted by Crippen LogP contribution is 2.14. The van der Waals surface area contributed by atoms with Crippen molar-refractivity contribution in [3.63, 3.8) is 0 Å². The largest absolute Gasteiger partial charge is 0.273 e. The Bertz CT molecular complexity index is 1250. The predicted octanol–water partition coefficient (Wildman–Crippen LogP) is 6.00. The average molecular weight is 609 g/mol. The van der Waals surface area contributed by atoms with Crippen molar-refractivity contribution in [2.45, 2.75) is 13.8 Å². The first-order chi connectivity index (χ1) is 17.3. The fourth-order valence-corrected chi connectivity index (χ4v) is 3.84. The highest BCUT2D eigenvalue weighted by Gasteiger charge is 2.17. The third-order valence-electron chi connectivity index (χ3n) is 4.81. The normalized spacial score (nSPS) is 12.2. The molecule has 0 spiro atoms. The Hall–Kier alpha value is -3.69. The van der Waals surface area contributed by atoms with Gasteiger partial charge in [-0.1, -0.05) is 60.7 Å². The fourth-order valence-electron chi connectivity index (χ4n) is 3.10. The summed E-state index contributed by atoms with van der Waals surface area (Å²) in [4.78, 5) is 29.7. The predicted molar refractivity (Wildman–Crippen MR) is 152 cm³/mol. The Morgan fingerprint density at radius 1 is 0.722 bits per heavy atom. The number of amides is 2. The van der Waals surface area contributed by atoms with E-state index in [4.69, 9.17) is 0 Å². The molecule has 0 saturated heterocycles. The van der Waals surface area contributed by atoms with Crippen LogP contribution in [0.15, 0.2) is 85.9 Å². The maximum Gasteiger partial charge on any atom is 0.273 e. The molecule has 0 bridgehead atoms. The Kier molecular flexibility index (Phi) is 10.0. The number of nitrogens with zero attached hydrogens (tertiary/aromatic N) is 3. The summed E-state index contributed by atoms with van der Waals surface area (Å²) in [5, 5.41) is 7.96. The van der Waals surface area contributed by atoms with Gasteiger partial charge in [0.2, 0.25) is 0 Å². The smallest absolute Gasteiger partial charge is 0.267 e. The summed E-state index contributed by atoms with van der Waals surface area (Å²) in [6.45, 7) is 3.39. The van der Waals surface area contributed by atoms with Crippen LogP contribution in [0.3, 0.4) is 0 Å². The van der Waals surface area contributed by atoms with E-state index in [1.165, 1.54) is 18.5 Å². The molecule has 0 aliphatic rings. The van der Waals surface area contributed by atoms with Crippen LogP contribution in [0.5, 0.6) is 0 Å². The lowest BCUT2D eigenvalue weighted by atomic mass is 10.1. The summed E-state index contributed by atoms with van der Waals surface area (Å²) < 4.78 is 1.36. The van der Waals surface area contributed by atoms with Gasteiger partial charge in [0.25, 0.3) is 11.8 Å². The van der Waals surface area contributed by atoms with Gasteiger partial charge in [0.1, 0.15) is 0 Å². The van der Waals surface area contributed by atoms with Crippen LogP contribution >= 0.6 is 31.9 Å². The number of rotatable bonds is 8. The summed E-state index contributed by atoms with van der Waals surface area (Å²) >= 11 is 6.81. The van der Waals surface area contributed by atoms with Gasteiger partial charge >= 0.3 is 0 Å². The topological polar surface area (TPSA) is 95.8 Å². The van der Waals surface area contributed by atoms with Crippen molar-refractivity contribution >= 4 is 68.3 Å². The number of hydrogen-bond acceptors (Lipinski definition) is 5. The van der Waals surface area contributed by atoms with Crippen molar-refractivity contribution in [2.75, 3.05) is 0 Å². The summed E-state index contributed by atoms with van der Waals surface area (Å²) in [5.41, 5.74) is 8.34. The fraction of sp³-hybridized carbons (Fsp3) is 0.0741.